The lowest BCUT2D eigenvalue weighted by atomic mass is 9.83. The number of amidine groups is 1. The minimum absolute atomic E-state index is 0.102. The van der Waals surface area contributed by atoms with Gasteiger partial charge in [0.05, 0.1) is 12.3 Å². The summed E-state index contributed by atoms with van der Waals surface area (Å²) in [5, 5.41) is 1.47. The molecule has 0 bridgehead atoms. The lowest BCUT2D eigenvalue weighted by Gasteiger charge is -2.36. The van der Waals surface area contributed by atoms with Gasteiger partial charge >= 0.3 is 5.97 Å². The van der Waals surface area contributed by atoms with Crippen LogP contribution in [0.2, 0.25) is 5.02 Å². The van der Waals surface area contributed by atoms with E-state index in [-0.39, 0.29) is 17.9 Å². The Morgan fingerprint density at radius 1 is 1.29 bits per heavy atom. The van der Waals surface area contributed by atoms with Crippen LogP contribution < -0.4 is 0 Å². The van der Waals surface area contributed by atoms with Gasteiger partial charge in [-0.3, -0.25) is 4.98 Å². The molecule has 2 aromatic rings. The molecule has 2 aliphatic rings. The highest BCUT2D eigenvalue weighted by atomic mass is 79.9. The molecule has 1 aromatic heterocycles. The second-order valence-electron chi connectivity index (χ2n) is 7.91. The number of fused-ring (bicyclic) bond motifs is 1. The smallest absolute Gasteiger partial charge is 0.346 e. The van der Waals surface area contributed by atoms with Crippen LogP contribution in [0.15, 0.2) is 62.7 Å². The number of pyridine rings is 1. The number of halogens is 2. The van der Waals surface area contributed by atoms with E-state index in [2.05, 4.69) is 41.6 Å². The Balaban J connectivity index is 1.89. The van der Waals surface area contributed by atoms with Crippen LogP contribution in [-0.2, 0) is 15.1 Å². The van der Waals surface area contributed by atoms with Crippen molar-refractivity contribution in [3.8, 4) is 0 Å². The molecule has 2 atom stereocenters. The molecule has 31 heavy (non-hydrogen) atoms. The zero-order chi connectivity index (χ0) is 22.3. The molecule has 0 aliphatic carbocycles. The maximum absolute atomic E-state index is 12.7. The summed E-state index contributed by atoms with van der Waals surface area (Å²) in [5.74, 6) is -0.200. The van der Waals surface area contributed by atoms with E-state index in [9.17, 15) is 4.79 Å². The third kappa shape index (κ3) is 3.92. The van der Waals surface area contributed by atoms with E-state index < -0.39 is 5.54 Å². The first kappa shape index (κ1) is 22.4. The summed E-state index contributed by atoms with van der Waals surface area (Å²) >= 11 is 11.0. The monoisotopic (exact) mass is 519 g/mol. The molecule has 1 aromatic carbocycles. The predicted molar refractivity (Wildman–Crippen MR) is 129 cm³/mol. The molecular formula is C23H23BrClN3O2S. The van der Waals surface area contributed by atoms with E-state index >= 15 is 0 Å². The van der Waals surface area contributed by atoms with Crippen molar-refractivity contribution < 1.29 is 9.53 Å². The number of ether oxygens (including phenoxy) is 1. The molecule has 5 nitrogen and oxygen atoms in total. The number of aromatic nitrogens is 1. The molecule has 0 fully saturated rings. The zero-order valence-corrected chi connectivity index (χ0v) is 20.9. The Morgan fingerprint density at radius 3 is 2.58 bits per heavy atom. The highest BCUT2D eigenvalue weighted by molar-refractivity contribution is 9.10. The second kappa shape index (κ2) is 8.60. The van der Waals surface area contributed by atoms with E-state index in [1.807, 2.05) is 43.3 Å². The van der Waals surface area contributed by atoms with Gasteiger partial charge in [-0.2, -0.15) is 0 Å². The van der Waals surface area contributed by atoms with Crippen LogP contribution >= 0.6 is 39.3 Å². The summed E-state index contributed by atoms with van der Waals surface area (Å²) in [6.07, 6.45) is 1.80. The Kier molecular flexibility index (Phi) is 6.21. The van der Waals surface area contributed by atoms with Crippen molar-refractivity contribution in [2.24, 2.45) is 10.9 Å². The summed E-state index contributed by atoms with van der Waals surface area (Å²) in [5.41, 5.74) is 2.24. The number of hydrogen-bond acceptors (Lipinski definition) is 6. The van der Waals surface area contributed by atoms with Crippen LogP contribution in [0.1, 0.15) is 45.0 Å². The first-order valence-corrected chi connectivity index (χ1v) is 12.1. The van der Waals surface area contributed by atoms with E-state index in [1.165, 1.54) is 11.8 Å². The van der Waals surface area contributed by atoms with Crippen LogP contribution in [0.5, 0.6) is 0 Å². The van der Waals surface area contributed by atoms with Crippen molar-refractivity contribution in [1.82, 2.24) is 9.88 Å². The maximum Gasteiger partial charge on any atom is 0.346 e. The van der Waals surface area contributed by atoms with Crippen molar-refractivity contribution in [2.45, 2.75) is 39.3 Å². The minimum atomic E-state index is -0.603. The number of aliphatic imine (C=N–C) groups is 1. The second-order valence-corrected chi connectivity index (χ2v) is 10.2. The first-order valence-electron chi connectivity index (χ1n) is 10.1. The van der Waals surface area contributed by atoms with Gasteiger partial charge in [0.1, 0.15) is 16.5 Å². The fourth-order valence-electron chi connectivity index (χ4n) is 4.10. The average Bonchev–Trinajstić information content (AvgIpc) is 3.22. The van der Waals surface area contributed by atoms with E-state index in [1.54, 1.807) is 6.20 Å². The molecule has 0 spiro atoms. The fourth-order valence-corrected chi connectivity index (χ4v) is 5.77. The third-order valence-corrected chi connectivity index (χ3v) is 7.25. The Morgan fingerprint density at radius 2 is 2.00 bits per heavy atom. The molecule has 4 rings (SSSR count). The number of esters is 1. The number of rotatable bonds is 5. The molecule has 2 aliphatic heterocycles. The van der Waals surface area contributed by atoms with Crippen LogP contribution in [0, 0.1) is 5.92 Å². The lowest BCUT2D eigenvalue weighted by Crippen LogP contribution is -2.36. The van der Waals surface area contributed by atoms with Crippen molar-refractivity contribution in [3.05, 3.63) is 73.9 Å². The minimum Gasteiger partial charge on any atom is -0.462 e. The highest BCUT2D eigenvalue weighted by Gasteiger charge is 2.53. The molecule has 162 valence electrons. The van der Waals surface area contributed by atoms with E-state index in [0.717, 1.165) is 26.6 Å². The van der Waals surface area contributed by atoms with Gasteiger partial charge in [-0.1, -0.05) is 37.6 Å². The van der Waals surface area contributed by atoms with Gasteiger partial charge in [-0.05, 0) is 77.3 Å². The van der Waals surface area contributed by atoms with E-state index in [0.29, 0.717) is 16.5 Å². The molecular weight excluding hydrogens is 498 g/mol. The molecule has 0 N–H and O–H groups in total. The summed E-state index contributed by atoms with van der Waals surface area (Å²) in [4.78, 5) is 25.4. The van der Waals surface area contributed by atoms with Crippen LogP contribution in [0.3, 0.4) is 0 Å². The van der Waals surface area contributed by atoms with E-state index in [4.69, 9.17) is 26.3 Å². The first-order chi connectivity index (χ1) is 14.8. The van der Waals surface area contributed by atoms with Crippen molar-refractivity contribution >= 4 is 50.4 Å². The average molecular weight is 521 g/mol. The molecule has 0 unspecified atom stereocenters. The summed E-state index contributed by atoms with van der Waals surface area (Å²) in [7, 11) is 0. The number of nitrogens with zero attached hydrogens (tertiary/aromatic N) is 3. The Labute approximate surface area is 200 Å². The summed E-state index contributed by atoms with van der Waals surface area (Å²) < 4.78 is 6.25. The van der Waals surface area contributed by atoms with Crippen LogP contribution in [0.25, 0.3) is 0 Å². The fraction of sp³-hybridized carbons (Fsp3) is 0.348. The number of thioether (sulfide) groups is 1. The number of hydrogen-bond donors (Lipinski definition) is 0. The SMILES string of the molecule is CCOC(=O)C1=C(C(C)C)N2C(=N[C@@](C)(c3ccc(Cl)cc3)[C@H]2c2ccc(Br)cn2)S1. The van der Waals surface area contributed by atoms with Gasteiger partial charge in [0.15, 0.2) is 5.17 Å². The van der Waals surface area contributed by atoms with Crippen LogP contribution in [0.4, 0.5) is 0 Å². The van der Waals surface area contributed by atoms with Gasteiger partial charge in [-0.25, -0.2) is 9.79 Å². The Hall–Kier alpha value is -1.83. The molecule has 0 amide bonds. The highest BCUT2D eigenvalue weighted by Crippen LogP contribution is 2.55. The van der Waals surface area contributed by atoms with Gasteiger partial charge < -0.3 is 9.64 Å². The van der Waals surface area contributed by atoms with Gasteiger partial charge in [-0.15, -0.1) is 0 Å². The zero-order valence-electron chi connectivity index (χ0n) is 17.7. The topological polar surface area (TPSA) is 54.8 Å². The molecule has 0 saturated heterocycles. The van der Waals surface area contributed by atoms with Crippen LogP contribution in [-0.4, -0.2) is 27.6 Å². The number of allylic oxidation sites excluding steroid dienone is 1. The standard InChI is InChI=1S/C23H23BrClN3O2S/c1-5-30-21(29)19-18(13(2)3)28-20(17-11-8-15(24)12-26-17)23(4,27-22(28)31-19)14-6-9-16(25)10-7-14/h6-13,20H,5H2,1-4H3/t20-,23+/m1/s1. The normalized spacial score (nSPS) is 22.7. The predicted octanol–water partition coefficient (Wildman–Crippen LogP) is 6.30. The lowest BCUT2D eigenvalue weighted by molar-refractivity contribution is -0.137. The molecule has 0 radical (unpaired) electrons. The summed E-state index contributed by atoms with van der Waals surface area (Å²) in [6, 6.07) is 11.6. The number of benzene rings is 1. The molecule has 0 saturated carbocycles. The maximum atomic E-state index is 12.7. The Bertz CT molecular complexity index is 1070. The quantitative estimate of drug-likeness (QED) is 0.433. The largest absolute Gasteiger partial charge is 0.462 e. The third-order valence-electron chi connectivity index (χ3n) is 5.48. The van der Waals surface area contributed by atoms with Crippen molar-refractivity contribution in [2.75, 3.05) is 6.61 Å². The summed E-state index contributed by atoms with van der Waals surface area (Å²) in [6.45, 7) is 8.43. The van der Waals surface area contributed by atoms with Gasteiger partial charge in [0, 0.05) is 21.4 Å². The number of carbonyl (C=O) groups excluding carboxylic acids is 1. The van der Waals surface area contributed by atoms with Crippen molar-refractivity contribution in [3.63, 3.8) is 0 Å². The van der Waals surface area contributed by atoms with Gasteiger partial charge in [0.25, 0.3) is 0 Å². The molecule has 3 heterocycles. The van der Waals surface area contributed by atoms with Gasteiger partial charge in [0.2, 0.25) is 0 Å². The molecule has 8 heteroatoms. The van der Waals surface area contributed by atoms with Crippen molar-refractivity contribution in [1.29, 1.82) is 0 Å². The number of carbonyl (C=O) groups is 1.